The van der Waals surface area contributed by atoms with Crippen LogP contribution in [0.4, 0.5) is 0 Å². The Labute approximate surface area is 268 Å². The average Bonchev–Trinajstić information content (AvgIpc) is 3.27. The van der Waals surface area contributed by atoms with Crippen LogP contribution in [0.3, 0.4) is 0 Å². The quantitative estimate of drug-likeness (QED) is 0.194. The number of rotatable bonds is 14. The first-order valence-electron chi connectivity index (χ1n) is 16.5. The van der Waals surface area contributed by atoms with Gasteiger partial charge in [0.1, 0.15) is 11.6 Å². The van der Waals surface area contributed by atoms with Crippen molar-refractivity contribution in [3.05, 3.63) is 83.1 Å². The van der Waals surface area contributed by atoms with E-state index in [1.807, 2.05) is 38.2 Å². The van der Waals surface area contributed by atoms with Crippen molar-refractivity contribution >= 4 is 11.6 Å². The van der Waals surface area contributed by atoms with Crippen molar-refractivity contribution in [1.82, 2.24) is 0 Å². The van der Waals surface area contributed by atoms with Gasteiger partial charge in [0.25, 0.3) is 0 Å². The second-order valence-corrected chi connectivity index (χ2v) is 15.4. The molecule has 2 N–H and O–H groups in total. The zero-order chi connectivity index (χ0) is 33.3. The van der Waals surface area contributed by atoms with Gasteiger partial charge in [-0.05, 0) is 77.0 Å². The molecule has 0 spiro atoms. The van der Waals surface area contributed by atoms with Crippen molar-refractivity contribution in [2.24, 2.45) is 21.7 Å². The number of allylic oxidation sites excluding steroid dienone is 14. The van der Waals surface area contributed by atoms with Gasteiger partial charge >= 0.3 is 0 Å². The van der Waals surface area contributed by atoms with Crippen LogP contribution in [-0.2, 0) is 9.59 Å². The molecule has 2 fully saturated rings. The normalized spacial score (nSPS) is 29.9. The Morgan fingerprint density at radius 2 is 0.886 bits per heavy atom. The summed E-state index contributed by atoms with van der Waals surface area (Å²) in [6.45, 7) is 20.7. The van der Waals surface area contributed by atoms with Crippen LogP contribution in [0, 0.1) is 21.7 Å². The monoisotopic (exact) mass is 604 g/mol. The van der Waals surface area contributed by atoms with Gasteiger partial charge in [-0.25, -0.2) is 0 Å². The fraction of sp³-hybridized carbons (Fsp3) is 0.600. The molecule has 2 rings (SSSR count). The molecule has 2 aliphatic rings. The molecular weight excluding hydrogens is 544 g/mol. The maximum atomic E-state index is 13.0. The van der Waals surface area contributed by atoms with Crippen molar-refractivity contribution in [2.45, 2.75) is 133 Å². The zero-order valence-corrected chi connectivity index (χ0v) is 29.3. The molecule has 4 nitrogen and oxygen atoms in total. The molecular formula is C40H60O4. The Bertz CT molecular complexity index is 1150. The molecule has 0 aromatic heterocycles. The largest absolute Gasteiger partial charge is 0.393 e. The first kappa shape index (κ1) is 37.6. The lowest BCUT2D eigenvalue weighted by molar-refractivity contribution is -0.133. The van der Waals surface area contributed by atoms with E-state index < -0.39 is 10.8 Å². The third kappa shape index (κ3) is 9.97. The molecule has 0 unspecified atom stereocenters. The summed E-state index contributed by atoms with van der Waals surface area (Å²) in [5, 5.41) is 20.3. The molecule has 244 valence electrons. The van der Waals surface area contributed by atoms with E-state index in [1.165, 1.54) is 11.1 Å². The lowest BCUT2D eigenvalue weighted by atomic mass is 9.66. The van der Waals surface area contributed by atoms with Crippen LogP contribution < -0.4 is 0 Å². The molecule has 0 saturated heterocycles. The summed E-state index contributed by atoms with van der Waals surface area (Å²) in [5.74, 6) is 0.515. The summed E-state index contributed by atoms with van der Waals surface area (Å²) in [6, 6.07) is 0. The van der Waals surface area contributed by atoms with Gasteiger partial charge in [-0.2, -0.15) is 0 Å². The zero-order valence-electron chi connectivity index (χ0n) is 29.3. The Morgan fingerprint density at radius 1 is 0.545 bits per heavy atom. The molecule has 0 aromatic carbocycles. The highest BCUT2D eigenvalue weighted by atomic mass is 16.3. The number of hydrogen-bond acceptors (Lipinski definition) is 4. The molecule has 0 aliphatic heterocycles. The molecule has 4 atom stereocenters. The summed E-state index contributed by atoms with van der Waals surface area (Å²) in [5.41, 5.74) is 3.37. The van der Waals surface area contributed by atoms with Crippen LogP contribution >= 0.6 is 0 Å². The molecule has 0 aromatic rings. The minimum atomic E-state index is -0.453. The Kier molecular flexibility index (Phi) is 13.4. The summed E-state index contributed by atoms with van der Waals surface area (Å²) >= 11 is 0. The maximum Gasteiger partial charge on any atom is 0.139 e. The number of Topliss-reactive ketones (excluding diaryl/α,β-unsaturated/α-hetero) is 2. The summed E-state index contributed by atoms with van der Waals surface area (Å²) in [6.07, 6.45) is 24.8. The molecule has 0 heterocycles. The molecule has 0 bridgehead atoms. The first-order chi connectivity index (χ1) is 20.3. The molecule has 44 heavy (non-hydrogen) atoms. The van der Waals surface area contributed by atoms with E-state index >= 15 is 0 Å². The van der Waals surface area contributed by atoms with Gasteiger partial charge < -0.3 is 10.2 Å². The van der Waals surface area contributed by atoms with Crippen LogP contribution in [0.25, 0.3) is 0 Å². The topological polar surface area (TPSA) is 74.6 Å². The highest BCUT2D eigenvalue weighted by Gasteiger charge is 2.54. The van der Waals surface area contributed by atoms with Crippen molar-refractivity contribution in [3.63, 3.8) is 0 Å². The van der Waals surface area contributed by atoms with Crippen LogP contribution in [-0.4, -0.2) is 34.0 Å². The van der Waals surface area contributed by atoms with Crippen LogP contribution in [0.1, 0.15) is 121 Å². The van der Waals surface area contributed by atoms with E-state index in [-0.39, 0.29) is 34.6 Å². The first-order valence-corrected chi connectivity index (χ1v) is 16.5. The standard InChI is InChI=1S/C40H60O4/c1-29(17-13-19-31(3)21-23-35(43)39(9)27-33(41)25-37(39,5)6)15-11-12-16-30(2)18-14-20-32(4)22-24-36(44)40(10)28-34(42)26-38(40,7)8/h11-20,33-34,41-42H,21-28H2,1-10H3/b12-11+,17-13+,18-14+,29-15+,30-16+,31-19+,32-20+/t33-,34-,39-,40-/m0/s1. The van der Waals surface area contributed by atoms with E-state index in [9.17, 15) is 19.8 Å². The van der Waals surface area contributed by atoms with Crippen molar-refractivity contribution < 1.29 is 19.8 Å². The molecule has 0 amide bonds. The predicted octanol–water partition coefficient (Wildman–Crippen LogP) is 9.51. The predicted molar refractivity (Wildman–Crippen MR) is 185 cm³/mol. The van der Waals surface area contributed by atoms with E-state index in [0.717, 1.165) is 24.0 Å². The van der Waals surface area contributed by atoms with Crippen molar-refractivity contribution in [1.29, 1.82) is 0 Å². The van der Waals surface area contributed by atoms with Crippen LogP contribution in [0.2, 0.25) is 0 Å². The van der Waals surface area contributed by atoms with Gasteiger partial charge in [0.05, 0.1) is 12.2 Å². The average molecular weight is 605 g/mol. The molecule has 2 saturated carbocycles. The lowest BCUT2D eigenvalue weighted by Crippen LogP contribution is -2.37. The number of carbonyl (C=O) groups excluding carboxylic acids is 2. The second kappa shape index (κ2) is 15.6. The number of ketones is 2. The smallest absolute Gasteiger partial charge is 0.139 e. The van der Waals surface area contributed by atoms with Crippen LogP contribution in [0.5, 0.6) is 0 Å². The van der Waals surface area contributed by atoms with Gasteiger partial charge in [0.2, 0.25) is 0 Å². The van der Waals surface area contributed by atoms with Crippen molar-refractivity contribution in [3.8, 4) is 0 Å². The fourth-order valence-electron chi connectivity index (χ4n) is 6.84. The molecule has 4 heteroatoms. The third-order valence-electron chi connectivity index (χ3n) is 10.8. The number of hydrogen-bond donors (Lipinski definition) is 2. The Balaban J connectivity index is 1.79. The van der Waals surface area contributed by atoms with Gasteiger partial charge in [-0.15, -0.1) is 0 Å². The molecule has 2 aliphatic carbocycles. The SMILES string of the molecule is CC(/C=C/C=C(\C)CCC(=O)[C@]1(C)C[C@@H](O)CC1(C)C)=C\C=C\C=C(C)\C=C\C=C(/C)CCC(=O)[C@]1(C)C[C@@H](O)CC1(C)C. The minimum absolute atomic E-state index is 0.170. The molecule has 0 radical (unpaired) electrons. The van der Waals surface area contributed by atoms with Gasteiger partial charge in [-0.3, -0.25) is 9.59 Å². The maximum absolute atomic E-state index is 13.0. The summed E-state index contributed by atoms with van der Waals surface area (Å²) < 4.78 is 0. The second-order valence-electron chi connectivity index (χ2n) is 15.4. The van der Waals surface area contributed by atoms with E-state index in [0.29, 0.717) is 38.5 Å². The number of carbonyl (C=O) groups is 2. The fourth-order valence-corrected chi connectivity index (χ4v) is 6.84. The Morgan fingerprint density at radius 3 is 1.18 bits per heavy atom. The van der Waals surface area contributed by atoms with E-state index in [2.05, 4.69) is 91.8 Å². The highest BCUT2D eigenvalue weighted by molar-refractivity contribution is 5.86. The van der Waals surface area contributed by atoms with Crippen molar-refractivity contribution in [2.75, 3.05) is 0 Å². The number of aliphatic hydroxyl groups is 2. The van der Waals surface area contributed by atoms with Gasteiger partial charge in [0.15, 0.2) is 0 Å². The van der Waals surface area contributed by atoms with Gasteiger partial charge in [-0.1, -0.05) is 125 Å². The summed E-state index contributed by atoms with van der Waals surface area (Å²) in [4.78, 5) is 26.0. The third-order valence-corrected chi connectivity index (χ3v) is 10.8. The van der Waals surface area contributed by atoms with Crippen LogP contribution in [0.15, 0.2) is 83.1 Å². The van der Waals surface area contributed by atoms with E-state index in [4.69, 9.17) is 0 Å². The Hall–Kier alpha value is -2.56. The lowest BCUT2D eigenvalue weighted by Gasteiger charge is -2.36. The minimum Gasteiger partial charge on any atom is -0.393 e. The van der Waals surface area contributed by atoms with E-state index in [1.54, 1.807) is 0 Å². The highest BCUT2D eigenvalue weighted by Crippen LogP contribution is 2.54. The summed E-state index contributed by atoms with van der Waals surface area (Å²) in [7, 11) is 0. The number of aliphatic hydroxyl groups excluding tert-OH is 2. The van der Waals surface area contributed by atoms with Gasteiger partial charge in [0, 0.05) is 23.7 Å².